The molecule has 1 aromatic rings. The number of rotatable bonds is 2. The van der Waals surface area contributed by atoms with Crippen LogP contribution < -0.4 is 4.90 Å². The van der Waals surface area contributed by atoms with Gasteiger partial charge < -0.3 is 14.4 Å². The normalized spacial score (nSPS) is 24.6. The topological polar surface area (TPSA) is 64.8 Å². The van der Waals surface area contributed by atoms with Crippen LogP contribution in [0, 0.1) is 10.1 Å². The number of nitro groups is 1. The largest absolute Gasteiger partial charge is 0.418 e. The minimum Gasteiger partial charge on any atom is -0.378 e. The molecule has 0 radical (unpaired) electrons. The van der Waals surface area contributed by atoms with Gasteiger partial charge in [-0.15, -0.1) is 0 Å². The van der Waals surface area contributed by atoms with Crippen LogP contribution in [0.3, 0.4) is 0 Å². The lowest BCUT2D eigenvalue weighted by molar-refractivity contribution is -0.384. The molecular weight excluding hydrogens is 353 g/mol. The molecule has 2 saturated heterocycles. The Labute approximate surface area is 140 Å². The number of alkyl halides is 3. The van der Waals surface area contributed by atoms with Crippen LogP contribution in [0.5, 0.6) is 0 Å². The van der Waals surface area contributed by atoms with Crippen molar-refractivity contribution in [2.75, 3.05) is 37.8 Å². The third kappa shape index (κ3) is 3.15. The lowest BCUT2D eigenvalue weighted by Crippen LogP contribution is -2.52. The first kappa shape index (κ1) is 17.2. The molecule has 0 saturated carbocycles. The SMILES string of the molecule is O=[N+]([O-])c1cc(C(F)(F)F)c(Cl)cc1N1CCOC2(CCOC2)C1. The van der Waals surface area contributed by atoms with E-state index in [1.807, 2.05) is 0 Å². The van der Waals surface area contributed by atoms with Crippen LogP contribution in [0.15, 0.2) is 12.1 Å². The van der Waals surface area contributed by atoms with Crippen molar-refractivity contribution in [2.24, 2.45) is 0 Å². The van der Waals surface area contributed by atoms with E-state index in [1.54, 1.807) is 4.90 Å². The van der Waals surface area contributed by atoms with Crippen LogP contribution in [0.25, 0.3) is 0 Å². The summed E-state index contributed by atoms with van der Waals surface area (Å²) >= 11 is 5.74. The van der Waals surface area contributed by atoms with Crippen molar-refractivity contribution < 1.29 is 27.6 Å². The molecule has 0 bridgehead atoms. The lowest BCUT2D eigenvalue weighted by Gasteiger charge is -2.40. The first-order chi connectivity index (χ1) is 11.2. The van der Waals surface area contributed by atoms with Gasteiger partial charge in [-0.3, -0.25) is 10.1 Å². The molecular formula is C14H14ClF3N2O4. The van der Waals surface area contributed by atoms with Gasteiger partial charge in [-0.05, 0) is 6.07 Å². The number of halogens is 4. The molecule has 2 heterocycles. The van der Waals surface area contributed by atoms with Crippen molar-refractivity contribution >= 4 is 23.0 Å². The molecule has 0 aromatic heterocycles. The molecule has 1 atom stereocenters. The van der Waals surface area contributed by atoms with Crippen molar-refractivity contribution in [1.29, 1.82) is 0 Å². The molecule has 6 nitrogen and oxygen atoms in total. The fourth-order valence-electron chi connectivity index (χ4n) is 3.05. The molecule has 0 N–H and O–H groups in total. The molecule has 0 amide bonds. The molecule has 0 aliphatic carbocycles. The monoisotopic (exact) mass is 366 g/mol. The van der Waals surface area contributed by atoms with Gasteiger partial charge in [-0.1, -0.05) is 11.6 Å². The summed E-state index contributed by atoms with van der Waals surface area (Å²) in [4.78, 5) is 12.1. The van der Waals surface area contributed by atoms with Crippen LogP contribution in [-0.4, -0.2) is 43.4 Å². The first-order valence-corrected chi connectivity index (χ1v) is 7.61. The third-order valence-electron chi connectivity index (χ3n) is 4.22. The molecule has 2 aliphatic heterocycles. The minimum atomic E-state index is -4.76. The summed E-state index contributed by atoms with van der Waals surface area (Å²) in [7, 11) is 0. The Morgan fingerprint density at radius 2 is 2.08 bits per heavy atom. The number of benzene rings is 1. The highest BCUT2D eigenvalue weighted by molar-refractivity contribution is 6.31. The molecule has 10 heteroatoms. The van der Waals surface area contributed by atoms with E-state index in [2.05, 4.69) is 0 Å². The van der Waals surface area contributed by atoms with E-state index in [4.69, 9.17) is 21.1 Å². The van der Waals surface area contributed by atoms with E-state index in [-0.39, 0.29) is 5.69 Å². The smallest absolute Gasteiger partial charge is 0.378 e. The molecule has 132 valence electrons. The number of nitro benzene ring substituents is 1. The van der Waals surface area contributed by atoms with Gasteiger partial charge in [0.15, 0.2) is 0 Å². The molecule has 2 fully saturated rings. The van der Waals surface area contributed by atoms with Crippen molar-refractivity contribution in [2.45, 2.75) is 18.2 Å². The Morgan fingerprint density at radius 3 is 2.67 bits per heavy atom. The maximum absolute atomic E-state index is 12.9. The van der Waals surface area contributed by atoms with Crippen LogP contribution in [0.4, 0.5) is 24.5 Å². The van der Waals surface area contributed by atoms with Gasteiger partial charge >= 0.3 is 6.18 Å². The second kappa shape index (κ2) is 6.05. The van der Waals surface area contributed by atoms with Crippen LogP contribution in [0.1, 0.15) is 12.0 Å². The van der Waals surface area contributed by atoms with Crippen molar-refractivity contribution in [3.05, 3.63) is 32.8 Å². The minimum absolute atomic E-state index is 0.0626. The van der Waals surface area contributed by atoms with Crippen molar-refractivity contribution in [3.8, 4) is 0 Å². The Hall–Kier alpha value is -1.58. The quantitative estimate of drug-likeness (QED) is 0.593. The summed E-state index contributed by atoms with van der Waals surface area (Å²) in [5, 5.41) is 10.7. The van der Waals surface area contributed by atoms with E-state index in [1.165, 1.54) is 0 Å². The standard InChI is InChI=1S/C14H14ClF3N2O4/c15-10-6-11(12(20(21)22)5-9(10)14(16,17)18)19-2-4-24-13(7-19)1-3-23-8-13/h5-6H,1-4,7-8H2. The zero-order chi connectivity index (χ0) is 17.5. The van der Waals surface area contributed by atoms with Crippen LogP contribution >= 0.6 is 11.6 Å². The maximum Gasteiger partial charge on any atom is 0.418 e. The Kier molecular flexibility index (Phi) is 4.35. The molecule has 24 heavy (non-hydrogen) atoms. The number of hydrogen-bond acceptors (Lipinski definition) is 5. The number of anilines is 1. The zero-order valence-corrected chi connectivity index (χ0v) is 13.2. The second-order valence-electron chi connectivity index (χ2n) is 5.83. The molecule has 1 spiro atoms. The fourth-order valence-corrected chi connectivity index (χ4v) is 3.31. The first-order valence-electron chi connectivity index (χ1n) is 7.24. The number of morpholine rings is 1. The fraction of sp³-hybridized carbons (Fsp3) is 0.571. The van der Waals surface area contributed by atoms with Gasteiger partial charge in [0.1, 0.15) is 11.3 Å². The third-order valence-corrected chi connectivity index (χ3v) is 4.54. The van der Waals surface area contributed by atoms with Crippen molar-refractivity contribution in [1.82, 2.24) is 0 Å². The molecule has 1 unspecified atom stereocenters. The maximum atomic E-state index is 12.9. The van der Waals surface area contributed by atoms with Gasteiger partial charge in [0, 0.05) is 32.2 Å². The predicted molar refractivity (Wildman–Crippen MR) is 79.4 cm³/mol. The van der Waals surface area contributed by atoms with Gasteiger partial charge in [0.25, 0.3) is 5.69 Å². The summed E-state index contributed by atoms with van der Waals surface area (Å²) in [6.07, 6.45) is -4.13. The van der Waals surface area contributed by atoms with E-state index in [0.717, 1.165) is 6.07 Å². The number of ether oxygens (including phenoxy) is 2. The summed E-state index contributed by atoms with van der Waals surface area (Å²) in [5.74, 6) is 0. The Bertz CT molecular complexity index is 662. The highest BCUT2D eigenvalue weighted by Crippen LogP contribution is 2.42. The Balaban J connectivity index is 2.00. The summed E-state index contributed by atoms with van der Waals surface area (Å²) in [6.45, 7) is 1.80. The molecule has 3 rings (SSSR count). The van der Waals surface area contributed by atoms with Gasteiger partial charge in [-0.2, -0.15) is 13.2 Å². The highest BCUT2D eigenvalue weighted by Gasteiger charge is 2.43. The van der Waals surface area contributed by atoms with Gasteiger partial charge in [-0.25, -0.2) is 0 Å². The highest BCUT2D eigenvalue weighted by atomic mass is 35.5. The van der Waals surface area contributed by atoms with Gasteiger partial charge in [0.05, 0.1) is 28.7 Å². The number of hydrogen-bond donors (Lipinski definition) is 0. The van der Waals surface area contributed by atoms with E-state index < -0.39 is 33.0 Å². The predicted octanol–water partition coefficient (Wildman–Crippen LogP) is 3.26. The average molecular weight is 367 g/mol. The second-order valence-corrected chi connectivity index (χ2v) is 6.24. The van der Waals surface area contributed by atoms with Crippen LogP contribution in [-0.2, 0) is 15.7 Å². The molecule has 1 aromatic carbocycles. The van der Waals surface area contributed by atoms with Crippen molar-refractivity contribution in [3.63, 3.8) is 0 Å². The van der Waals surface area contributed by atoms with E-state index in [0.29, 0.717) is 45.4 Å². The zero-order valence-electron chi connectivity index (χ0n) is 12.4. The van der Waals surface area contributed by atoms with Crippen LogP contribution in [0.2, 0.25) is 5.02 Å². The number of nitrogens with zero attached hydrogens (tertiary/aromatic N) is 2. The Morgan fingerprint density at radius 1 is 1.33 bits per heavy atom. The van der Waals surface area contributed by atoms with E-state index >= 15 is 0 Å². The molecule has 2 aliphatic rings. The average Bonchev–Trinajstić information content (AvgIpc) is 2.93. The summed E-state index contributed by atoms with van der Waals surface area (Å²) < 4.78 is 49.9. The van der Waals surface area contributed by atoms with Gasteiger partial charge in [0.2, 0.25) is 0 Å². The summed E-state index contributed by atoms with van der Waals surface area (Å²) in [6, 6.07) is 1.50. The summed E-state index contributed by atoms with van der Waals surface area (Å²) in [5.41, 5.74) is -2.36. The van der Waals surface area contributed by atoms with E-state index in [9.17, 15) is 23.3 Å². The lowest BCUT2D eigenvalue weighted by atomic mass is 10.00.